The average molecular weight is 235 g/mol. The van der Waals surface area contributed by atoms with Gasteiger partial charge in [0.1, 0.15) is 5.75 Å². The van der Waals surface area contributed by atoms with E-state index in [1.54, 1.807) is 29.4 Å². The smallest absolute Gasteiger partial charge is 0.260 e. The molecule has 0 saturated carbocycles. The van der Waals surface area contributed by atoms with Crippen molar-refractivity contribution < 1.29 is 9.53 Å². The Balaban J connectivity index is 1.78. The molecular formula is C12H17N3O2. The highest BCUT2D eigenvalue weighted by Crippen LogP contribution is 2.10. The number of nitrogens with zero attached hydrogens (tertiary/aromatic N) is 2. The molecule has 0 spiro atoms. The highest BCUT2D eigenvalue weighted by Gasteiger charge is 2.20. The summed E-state index contributed by atoms with van der Waals surface area (Å²) in [5, 5.41) is 0. The van der Waals surface area contributed by atoms with Gasteiger partial charge in [-0.15, -0.1) is 0 Å². The van der Waals surface area contributed by atoms with Crippen molar-refractivity contribution in [2.45, 2.75) is 18.9 Å². The number of pyridine rings is 1. The predicted octanol–water partition coefficient (Wildman–Crippen LogP) is 0.410. The molecule has 0 bridgehead atoms. The van der Waals surface area contributed by atoms with Crippen LogP contribution in [0, 0.1) is 0 Å². The molecular weight excluding hydrogens is 218 g/mol. The Bertz CT molecular complexity index is 361. The molecule has 1 amide bonds. The van der Waals surface area contributed by atoms with Gasteiger partial charge in [0.05, 0.1) is 6.20 Å². The molecule has 1 fully saturated rings. The van der Waals surface area contributed by atoms with E-state index < -0.39 is 0 Å². The second-order valence-corrected chi connectivity index (χ2v) is 4.20. The van der Waals surface area contributed by atoms with E-state index in [9.17, 15) is 4.79 Å². The number of hydrogen-bond acceptors (Lipinski definition) is 4. The van der Waals surface area contributed by atoms with Gasteiger partial charge in [0.15, 0.2) is 6.61 Å². The number of hydrogen-bond donors (Lipinski definition) is 1. The number of carbonyl (C=O) groups excluding carboxylic acids is 1. The number of nitrogens with two attached hydrogens (primary N) is 1. The van der Waals surface area contributed by atoms with Crippen LogP contribution in [0.5, 0.6) is 5.75 Å². The third kappa shape index (κ3) is 3.42. The molecule has 2 N–H and O–H groups in total. The van der Waals surface area contributed by atoms with Crippen LogP contribution in [-0.2, 0) is 4.79 Å². The summed E-state index contributed by atoms with van der Waals surface area (Å²) in [6.45, 7) is 1.54. The van der Waals surface area contributed by atoms with Gasteiger partial charge < -0.3 is 15.4 Å². The molecule has 5 heteroatoms. The zero-order valence-corrected chi connectivity index (χ0v) is 9.71. The molecule has 0 aromatic carbocycles. The standard InChI is InChI=1S/C12H17N3O2/c13-10-3-6-15(7-4-10)12(16)9-17-11-2-1-5-14-8-11/h1-2,5,8,10H,3-4,6-7,9,13H2. The second kappa shape index (κ2) is 5.63. The minimum atomic E-state index is 0.0146. The van der Waals surface area contributed by atoms with E-state index >= 15 is 0 Å². The van der Waals surface area contributed by atoms with Crippen molar-refractivity contribution in [2.75, 3.05) is 19.7 Å². The summed E-state index contributed by atoms with van der Waals surface area (Å²) < 4.78 is 5.36. The fourth-order valence-electron chi connectivity index (χ4n) is 1.82. The molecule has 1 aliphatic heterocycles. The fourth-order valence-corrected chi connectivity index (χ4v) is 1.82. The lowest BCUT2D eigenvalue weighted by atomic mass is 10.1. The van der Waals surface area contributed by atoms with E-state index in [1.807, 2.05) is 0 Å². The minimum absolute atomic E-state index is 0.0146. The number of rotatable bonds is 3. The average Bonchev–Trinajstić information content (AvgIpc) is 2.38. The van der Waals surface area contributed by atoms with Crippen LogP contribution in [0.1, 0.15) is 12.8 Å². The summed E-state index contributed by atoms with van der Waals surface area (Å²) in [5.41, 5.74) is 5.78. The van der Waals surface area contributed by atoms with E-state index in [0.717, 1.165) is 25.9 Å². The summed E-state index contributed by atoms with van der Waals surface area (Å²) >= 11 is 0. The van der Waals surface area contributed by atoms with Crippen molar-refractivity contribution >= 4 is 5.91 Å². The highest BCUT2D eigenvalue weighted by atomic mass is 16.5. The summed E-state index contributed by atoms with van der Waals surface area (Å²) in [5.74, 6) is 0.635. The van der Waals surface area contributed by atoms with Gasteiger partial charge in [0.2, 0.25) is 0 Å². The molecule has 1 saturated heterocycles. The maximum Gasteiger partial charge on any atom is 0.260 e. The molecule has 17 heavy (non-hydrogen) atoms. The normalized spacial score (nSPS) is 16.9. The molecule has 2 heterocycles. The van der Waals surface area contributed by atoms with Crippen LogP contribution >= 0.6 is 0 Å². The number of carbonyl (C=O) groups is 1. The predicted molar refractivity (Wildman–Crippen MR) is 63.5 cm³/mol. The maximum atomic E-state index is 11.8. The first-order chi connectivity index (χ1) is 8.25. The van der Waals surface area contributed by atoms with E-state index in [4.69, 9.17) is 10.5 Å². The van der Waals surface area contributed by atoms with Gasteiger partial charge in [0, 0.05) is 25.3 Å². The number of ether oxygens (including phenoxy) is 1. The van der Waals surface area contributed by atoms with Gasteiger partial charge in [-0.2, -0.15) is 0 Å². The Kier molecular flexibility index (Phi) is 3.93. The van der Waals surface area contributed by atoms with Crippen LogP contribution in [0.4, 0.5) is 0 Å². The Hall–Kier alpha value is -1.62. The molecule has 0 aliphatic carbocycles. The highest BCUT2D eigenvalue weighted by molar-refractivity contribution is 5.77. The minimum Gasteiger partial charge on any atom is -0.482 e. The maximum absolute atomic E-state index is 11.8. The lowest BCUT2D eigenvalue weighted by Gasteiger charge is -2.30. The molecule has 2 rings (SSSR count). The van der Waals surface area contributed by atoms with Crippen LogP contribution in [0.15, 0.2) is 24.5 Å². The molecule has 0 unspecified atom stereocenters. The first-order valence-corrected chi connectivity index (χ1v) is 5.82. The summed E-state index contributed by atoms with van der Waals surface area (Å²) in [4.78, 5) is 17.5. The molecule has 5 nitrogen and oxygen atoms in total. The van der Waals surface area contributed by atoms with Gasteiger partial charge in [0.25, 0.3) is 5.91 Å². The Morgan fingerprint density at radius 1 is 1.53 bits per heavy atom. The van der Waals surface area contributed by atoms with Gasteiger partial charge in [-0.25, -0.2) is 0 Å². The summed E-state index contributed by atoms with van der Waals surface area (Å²) in [6, 6.07) is 3.80. The van der Waals surface area contributed by atoms with Crippen molar-refractivity contribution in [1.29, 1.82) is 0 Å². The Morgan fingerprint density at radius 2 is 2.29 bits per heavy atom. The van der Waals surface area contributed by atoms with Crippen molar-refractivity contribution in [2.24, 2.45) is 5.73 Å². The van der Waals surface area contributed by atoms with Crippen LogP contribution in [0.3, 0.4) is 0 Å². The number of piperidine rings is 1. The summed E-state index contributed by atoms with van der Waals surface area (Å²) in [7, 11) is 0. The summed E-state index contributed by atoms with van der Waals surface area (Å²) in [6.07, 6.45) is 5.01. The molecule has 0 atom stereocenters. The fraction of sp³-hybridized carbons (Fsp3) is 0.500. The number of amides is 1. The Morgan fingerprint density at radius 3 is 2.94 bits per heavy atom. The third-order valence-corrected chi connectivity index (χ3v) is 2.89. The lowest BCUT2D eigenvalue weighted by Crippen LogP contribution is -2.44. The van der Waals surface area contributed by atoms with Crippen LogP contribution in [0.2, 0.25) is 0 Å². The SMILES string of the molecule is NC1CCN(C(=O)COc2cccnc2)CC1. The van der Waals surface area contributed by atoms with Crippen LogP contribution < -0.4 is 10.5 Å². The largest absolute Gasteiger partial charge is 0.482 e. The molecule has 92 valence electrons. The van der Waals surface area contributed by atoms with E-state index in [1.165, 1.54) is 0 Å². The van der Waals surface area contributed by atoms with Gasteiger partial charge in [-0.1, -0.05) is 0 Å². The topological polar surface area (TPSA) is 68.5 Å². The van der Waals surface area contributed by atoms with E-state index in [2.05, 4.69) is 4.98 Å². The van der Waals surface area contributed by atoms with Gasteiger partial charge >= 0.3 is 0 Å². The number of likely N-dealkylation sites (tertiary alicyclic amines) is 1. The molecule has 0 radical (unpaired) electrons. The molecule has 1 aromatic rings. The van der Waals surface area contributed by atoms with E-state index in [0.29, 0.717) is 5.75 Å². The zero-order valence-electron chi connectivity index (χ0n) is 9.71. The lowest BCUT2D eigenvalue weighted by molar-refractivity contribution is -0.134. The van der Waals surface area contributed by atoms with Crippen molar-refractivity contribution in [3.8, 4) is 5.75 Å². The van der Waals surface area contributed by atoms with E-state index in [-0.39, 0.29) is 18.6 Å². The monoisotopic (exact) mass is 235 g/mol. The van der Waals surface area contributed by atoms with Crippen molar-refractivity contribution in [3.05, 3.63) is 24.5 Å². The van der Waals surface area contributed by atoms with Crippen molar-refractivity contribution in [3.63, 3.8) is 0 Å². The number of aromatic nitrogens is 1. The van der Waals surface area contributed by atoms with Crippen LogP contribution in [0.25, 0.3) is 0 Å². The first-order valence-electron chi connectivity index (χ1n) is 5.82. The van der Waals surface area contributed by atoms with Gasteiger partial charge in [-0.05, 0) is 25.0 Å². The molecule has 1 aliphatic rings. The van der Waals surface area contributed by atoms with Gasteiger partial charge in [-0.3, -0.25) is 9.78 Å². The zero-order chi connectivity index (χ0) is 12.1. The Labute approximate surface area is 101 Å². The van der Waals surface area contributed by atoms with Crippen molar-refractivity contribution in [1.82, 2.24) is 9.88 Å². The van der Waals surface area contributed by atoms with Crippen LogP contribution in [-0.4, -0.2) is 41.5 Å². The molecule has 1 aromatic heterocycles. The quantitative estimate of drug-likeness (QED) is 0.824. The first kappa shape index (κ1) is 11.9. The second-order valence-electron chi connectivity index (χ2n) is 4.20. The third-order valence-electron chi connectivity index (χ3n) is 2.89.